The zero-order valence-corrected chi connectivity index (χ0v) is 20.0. The lowest BCUT2D eigenvalue weighted by Crippen LogP contribution is -2.38. The van der Waals surface area contributed by atoms with Crippen molar-refractivity contribution >= 4 is 44.4 Å². The van der Waals surface area contributed by atoms with Crippen molar-refractivity contribution in [2.24, 2.45) is 7.05 Å². The maximum atomic E-state index is 13.3. The van der Waals surface area contributed by atoms with Crippen molar-refractivity contribution in [2.45, 2.75) is 48.2 Å². The molecule has 1 saturated carbocycles. The Morgan fingerprint density at radius 2 is 1.81 bits per heavy atom. The second-order valence-corrected chi connectivity index (χ2v) is 11.0. The number of thioether (sulfide) groups is 1. The maximum absolute atomic E-state index is 13.3. The van der Waals surface area contributed by atoms with E-state index in [4.69, 9.17) is 0 Å². The van der Waals surface area contributed by atoms with Gasteiger partial charge in [0.1, 0.15) is 4.90 Å². The molecule has 7 nitrogen and oxygen atoms in total. The van der Waals surface area contributed by atoms with Gasteiger partial charge in [-0.3, -0.25) is 4.79 Å². The molecule has 0 bridgehead atoms. The highest BCUT2D eigenvalue weighted by Crippen LogP contribution is 2.30. The van der Waals surface area contributed by atoms with Crippen LogP contribution in [0.2, 0.25) is 0 Å². The van der Waals surface area contributed by atoms with E-state index in [0.29, 0.717) is 5.69 Å². The van der Waals surface area contributed by atoms with E-state index in [2.05, 4.69) is 10.3 Å². The Labute approximate surface area is 193 Å². The van der Waals surface area contributed by atoms with E-state index >= 15 is 0 Å². The van der Waals surface area contributed by atoms with Crippen LogP contribution in [0.4, 0.5) is 5.69 Å². The topological polar surface area (TPSA) is 84.3 Å². The molecule has 0 aliphatic heterocycles. The number of aromatic nitrogens is 2. The molecule has 0 atom stereocenters. The van der Waals surface area contributed by atoms with Crippen LogP contribution in [0.1, 0.15) is 32.1 Å². The summed E-state index contributed by atoms with van der Waals surface area (Å²) in [5.41, 5.74) is 2.18. The number of anilines is 1. The van der Waals surface area contributed by atoms with Crippen molar-refractivity contribution in [3.8, 4) is 0 Å². The third kappa shape index (κ3) is 4.69. The van der Waals surface area contributed by atoms with Gasteiger partial charge in [0.05, 0.1) is 22.5 Å². The Hall–Kier alpha value is -2.36. The van der Waals surface area contributed by atoms with Crippen molar-refractivity contribution < 1.29 is 13.2 Å². The number of imidazole rings is 1. The Morgan fingerprint density at radius 1 is 1.12 bits per heavy atom. The van der Waals surface area contributed by atoms with E-state index in [1.807, 2.05) is 35.9 Å². The minimum absolute atomic E-state index is 0.00520. The van der Waals surface area contributed by atoms with Gasteiger partial charge in [0.25, 0.3) is 0 Å². The Kier molecular flexibility index (Phi) is 6.88. The molecule has 0 spiro atoms. The molecule has 1 aromatic heterocycles. The summed E-state index contributed by atoms with van der Waals surface area (Å²) in [6.07, 6.45) is 4.99. The molecule has 9 heteroatoms. The predicted molar refractivity (Wildman–Crippen MR) is 128 cm³/mol. The molecule has 1 N–H and O–H groups in total. The summed E-state index contributed by atoms with van der Waals surface area (Å²) in [5, 5.41) is 3.53. The van der Waals surface area contributed by atoms with E-state index in [1.165, 1.54) is 16.1 Å². The minimum Gasteiger partial charge on any atom is -0.324 e. The normalized spacial score (nSPS) is 15.3. The molecule has 0 radical (unpaired) electrons. The molecule has 4 rings (SSSR count). The number of carbonyl (C=O) groups is 1. The summed E-state index contributed by atoms with van der Waals surface area (Å²) in [6.45, 7) is 0. The van der Waals surface area contributed by atoms with Crippen molar-refractivity contribution in [1.82, 2.24) is 13.9 Å². The lowest BCUT2D eigenvalue weighted by atomic mass is 9.96. The average Bonchev–Trinajstić information content (AvgIpc) is 3.13. The summed E-state index contributed by atoms with van der Waals surface area (Å²) < 4.78 is 30.1. The van der Waals surface area contributed by atoms with Gasteiger partial charge in [-0.2, -0.15) is 4.31 Å². The fourth-order valence-electron chi connectivity index (χ4n) is 4.16. The third-order valence-corrected chi connectivity index (χ3v) is 8.98. The Balaban J connectivity index is 1.47. The van der Waals surface area contributed by atoms with Crippen LogP contribution in [0.5, 0.6) is 0 Å². The first-order valence-corrected chi connectivity index (χ1v) is 13.2. The van der Waals surface area contributed by atoms with Crippen molar-refractivity contribution in [1.29, 1.82) is 0 Å². The van der Waals surface area contributed by atoms with Gasteiger partial charge >= 0.3 is 0 Å². The van der Waals surface area contributed by atoms with Gasteiger partial charge in [-0.1, -0.05) is 55.3 Å². The van der Waals surface area contributed by atoms with Crippen LogP contribution in [0.3, 0.4) is 0 Å². The van der Waals surface area contributed by atoms with Crippen LogP contribution < -0.4 is 5.32 Å². The number of benzene rings is 2. The summed E-state index contributed by atoms with van der Waals surface area (Å²) in [7, 11) is -0.151. The summed E-state index contributed by atoms with van der Waals surface area (Å²) in [6, 6.07) is 14.4. The summed E-state index contributed by atoms with van der Waals surface area (Å²) in [5.74, 6) is -0.144. The molecule has 1 fully saturated rings. The number of para-hydroxylation sites is 3. The van der Waals surface area contributed by atoms with Crippen molar-refractivity contribution in [3.63, 3.8) is 0 Å². The van der Waals surface area contributed by atoms with E-state index in [0.717, 1.165) is 48.3 Å². The van der Waals surface area contributed by atoms with E-state index in [1.54, 1.807) is 31.3 Å². The van der Waals surface area contributed by atoms with Crippen LogP contribution >= 0.6 is 11.8 Å². The van der Waals surface area contributed by atoms with E-state index in [9.17, 15) is 13.2 Å². The molecule has 2 aromatic carbocycles. The first-order chi connectivity index (χ1) is 15.4. The fourth-order valence-corrected chi connectivity index (χ4v) is 6.51. The summed E-state index contributed by atoms with van der Waals surface area (Å²) >= 11 is 1.32. The smallest absolute Gasteiger partial charge is 0.245 e. The quantitative estimate of drug-likeness (QED) is 0.520. The molecule has 1 aliphatic carbocycles. The second kappa shape index (κ2) is 9.64. The molecular weight excluding hydrogens is 444 g/mol. The molecule has 0 unspecified atom stereocenters. The summed E-state index contributed by atoms with van der Waals surface area (Å²) in [4.78, 5) is 17.4. The van der Waals surface area contributed by atoms with Crippen LogP contribution in [0.25, 0.3) is 11.0 Å². The fraction of sp³-hybridized carbons (Fsp3) is 0.391. The third-order valence-electron chi connectivity index (χ3n) is 5.99. The lowest BCUT2D eigenvalue weighted by Gasteiger charge is -2.30. The first kappa shape index (κ1) is 22.8. The van der Waals surface area contributed by atoms with Gasteiger partial charge in [0.2, 0.25) is 15.9 Å². The highest BCUT2D eigenvalue weighted by Gasteiger charge is 2.31. The molecule has 1 heterocycles. The van der Waals surface area contributed by atoms with E-state index in [-0.39, 0.29) is 22.6 Å². The molecule has 0 saturated heterocycles. The molecule has 1 amide bonds. The van der Waals surface area contributed by atoms with Crippen molar-refractivity contribution in [2.75, 3.05) is 18.1 Å². The standard InChI is InChI=1S/C23H28N4O3S2/c1-26-20-14-8-6-12-18(20)25-23(26)31-16-22(28)24-19-13-7-9-15-21(19)32(29,30)27(2)17-10-4-3-5-11-17/h6-9,12-15,17H,3-5,10-11,16H2,1-2H3,(H,24,28). The number of nitrogens with one attached hydrogen (secondary N) is 1. The molecule has 170 valence electrons. The predicted octanol–water partition coefficient (Wildman–Crippen LogP) is 4.26. The number of amides is 1. The van der Waals surface area contributed by atoms with Gasteiger partial charge in [-0.25, -0.2) is 13.4 Å². The zero-order valence-electron chi connectivity index (χ0n) is 18.3. The Bertz CT molecular complexity index is 1220. The maximum Gasteiger partial charge on any atom is 0.245 e. The number of hydrogen-bond donors (Lipinski definition) is 1. The van der Waals surface area contributed by atoms with Gasteiger partial charge in [-0.05, 0) is 37.1 Å². The Morgan fingerprint density at radius 3 is 2.56 bits per heavy atom. The van der Waals surface area contributed by atoms with Gasteiger partial charge in [0.15, 0.2) is 5.16 Å². The van der Waals surface area contributed by atoms with Crippen LogP contribution in [-0.4, -0.2) is 47.0 Å². The molecule has 32 heavy (non-hydrogen) atoms. The first-order valence-electron chi connectivity index (χ1n) is 10.8. The highest BCUT2D eigenvalue weighted by molar-refractivity contribution is 7.99. The highest BCUT2D eigenvalue weighted by atomic mass is 32.2. The molecular formula is C23H28N4O3S2. The monoisotopic (exact) mass is 472 g/mol. The number of fused-ring (bicyclic) bond motifs is 1. The second-order valence-electron chi connectivity index (χ2n) is 8.09. The minimum atomic E-state index is -3.71. The van der Waals surface area contributed by atoms with Crippen molar-refractivity contribution in [3.05, 3.63) is 48.5 Å². The van der Waals surface area contributed by atoms with Crippen LogP contribution in [0.15, 0.2) is 58.6 Å². The van der Waals surface area contributed by atoms with Crippen LogP contribution in [-0.2, 0) is 21.9 Å². The number of carbonyl (C=O) groups excluding carboxylic acids is 1. The number of hydrogen-bond acceptors (Lipinski definition) is 5. The molecule has 3 aromatic rings. The zero-order chi connectivity index (χ0) is 22.7. The number of rotatable bonds is 7. The number of sulfonamides is 1. The lowest BCUT2D eigenvalue weighted by molar-refractivity contribution is -0.113. The SMILES string of the molecule is CN(C1CCCCC1)S(=O)(=O)c1ccccc1NC(=O)CSc1nc2ccccc2n1C. The van der Waals surface area contributed by atoms with Gasteiger partial charge in [-0.15, -0.1) is 0 Å². The number of nitrogens with zero attached hydrogens (tertiary/aromatic N) is 3. The largest absolute Gasteiger partial charge is 0.324 e. The number of aryl methyl sites for hydroxylation is 1. The molecule has 1 aliphatic rings. The average molecular weight is 473 g/mol. The van der Waals surface area contributed by atoms with E-state index < -0.39 is 10.0 Å². The van der Waals surface area contributed by atoms with Gasteiger partial charge in [0, 0.05) is 20.1 Å². The van der Waals surface area contributed by atoms with Gasteiger partial charge < -0.3 is 9.88 Å². The van der Waals surface area contributed by atoms with Crippen LogP contribution in [0, 0.1) is 0 Å².